The lowest BCUT2D eigenvalue weighted by atomic mass is 10.1. The van der Waals surface area contributed by atoms with Crippen molar-refractivity contribution in [3.63, 3.8) is 0 Å². The number of ether oxygens (including phenoxy) is 3. The van der Waals surface area contributed by atoms with E-state index in [1.807, 2.05) is 0 Å². The molecule has 20 heavy (non-hydrogen) atoms. The third-order valence-electron chi connectivity index (χ3n) is 3.01. The average Bonchev–Trinajstić information content (AvgIpc) is 2.88. The van der Waals surface area contributed by atoms with Crippen molar-refractivity contribution in [2.24, 2.45) is 0 Å². The molecule has 0 saturated carbocycles. The fourth-order valence-electron chi connectivity index (χ4n) is 2.02. The smallest absolute Gasteiger partial charge is 0.231 e. The molecule has 0 radical (unpaired) electrons. The van der Waals surface area contributed by atoms with Gasteiger partial charge in [0.25, 0.3) is 0 Å². The van der Waals surface area contributed by atoms with Crippen molar-refractivity contribution in [2.75, 3.05) is 6.79 Å². The fraction of sp³-hybridized carbons (Fsp3) is 0.200. The molecule has 1 N–H and O–H groups in total. The first-order valence-corrected chi connectivity index (χ1v) is 6.19. The highest BCUT2D eigenvalue weighted by molar-refractivity contribution is 5.49. The highest BCUT2D eigenvalue weighted by Crippen LogP contribution is 2.38. The highest BCUT2D eigenvalue weighted by atomic mass is 19.1. The third kappa shape index (κ3) is 2.28. The molecule has 0 aliphatic carbocycles. The molecule has 0 spiro atoms. The van der Waals surface area contributed by atoms with E-state index >= 15 is 0 Å². The zero-order chi connectivity index (χ0) is 14.1. The minimum Gasteiger partial charge on any atom is -0.454 e. The number of hydrogen-bond acceptors (Lipinski definition) is 4. The van der Waals surface area contributed by atoms with E-state index in [9.17, 15) is 9.50 Å². The maximum Gasteiger partial charge on any atom is 0.231 e. The molecule has 1 atom stereocenters. The molecule has 0 aromatic heterocycles. The van der Waals surface area contributed by atoms with E-state index in [-0.39, 0.29) is 12.5 Å². The van der Waals surface area contributed by atoms with Gasteiger partial charge in [0.1, 0.15) is 5.75 Å². The first-order valence-electron chi connectivity index (χ1n) is 6.19. The Morgan fingerprint density at radius 1 is 1.20 bits per heavy atom. The van der Waals surface area contributed by atoms with Crippen LogP contribution < -0.4 is 14.2 Å². The monoisotopic (exact) mass is 276 g/mol. The predicted molar refractivity (Wildman–Crippen MR) is 69.7 cm³/mol. The Balaban J connectivity index is 1.95. The minimum atomic E-state index is -0.824. The summed E-state index contributed by atoms with van der Waals surface area (Å²) in [6, 6.07) is 9.42. The van der Waals surface area contributed by atoms with Crippen LogP contribution in [-0.4, -0.2) is 11.9 Å². The van der Waals surface area contributed by atoms with Crippen molar-refractivity contribution in [2.45, 2.75) is 13.0 Å². The topological polar surface area (TPSA) is 47.9 Å². The standard InChI is InChI=1S/C15H13FO4/c1-9(17)11-3-2-4-12(16)15(11)20-10-5-6-13-14(7-10)19-8-18-13/h2-7,9,17H,8H2,1H3. The van der Waals surface area contributed by atoms with Crippen molar-refractivity contribution in [1.29, 1.82) is 0 Å². The molecular formula is C15H13FO4. The number of para-hydroxylation sites is 1. The van der Waals surface area contributed by atoms with E-state index in [1.54, 1.807) is 31.2 Å². The van der Waals surface area contributed by atoms with E-state index in [4.69, 9.17) is 14.2 Å². The van der Waals surface area contributed by atoms with Gasteiger partial charge in [-0.2, -0.15) is 0 Å². The van der Waals surface area contributed by atoms with E-state index in [1.165, 1.54) is 12.1 Å². The Labute approximate surface area is 115 Å². The van der Waals surface area contributed by atoms with E-state index < -0.39 is 11.9 Å². The summed E-state index contributed by atoms with van der Waals surface area (Å²) in [5, 5.41) is 9.67. The van der Waals surface area contributed by atoms with E-state index in [0.717, 1.165) is 0 Å². The second-order valence-corrected chi connectivity index (χ2v) is 4.45. The van der Waals surface area contributed by atoms with Crippen molar-refractivity contribution in [3.05, 3.63) is 47.8 Å². The zero-order valence-electron chi connectivity index (χ0n) is 10.8. The molecule has 1 aliphatic rings. The number of benzene rings is 2. The van der Waals surface area contributed by atoms with Crippen LogP contribution in [0.3, 0.4) is 0 Å². The summed E-state index contributed by atoms with van der Waals surface area (Å²) in [7, 11) is 0. The summed E-state index contributed by atoms with van der Waals surface area (Å²) in [6.07, 6.45) is -0.824. The SMILES string of the molecule is CC(O)c1cccc(F)c1Oc1ccc2c(c1)OCO2. The molecule has 1 unspecified atom stereocenters. The summed E-state index contributed by atoms with van der Waals surface area (Å²) >= 11 is 0. The van der Waals surface area contributed by atoms with Crippen LogP contribution in [0, 0.1) is 5.82 Å². The number of aliphatic hydroxyl groups excluding tert-OH is 1. The number of aliphatic hydroxyl groups is 1. The summed E-state index contributed by atoms with van der Waals surface area (Å²) in [5.41, 5.74) is 0.391. The Bertz CT molecular complexity index is 640. The van der Waals surface area contributed by atoms with E-state index in [0.29, 0.717) is 22.8 Å². The number of hydrogen-bond donors (Lipinski definition) is 1. The quantitative estimate of drug-likeness (QED) is 0.933. The van der Waals surface area contributed by atoms with Crippen molar-refractivity contribution in [3.8, 4) is 23.0 Å². The average molecular weight is 276 g/mol. The molecule has 0 amide bonds. The molecule has 0 saturated heterocycles. The molecule has 0 bridgehead atoms. The minimum absolute atomic E-state index is 0.0152. The molecule has 0 fully saturated rings. The molecule has 1 heterocycles. The molecule has 3 rings (SSSR count). The van der Waals surface area contributed by atoms with Crippen molar-refractivity contribution in [1.82, 2.24) is 0 Å². The molecule has 5 heteroatoms. The summed E-state index contributed by atoms with van der Waals surface area (Å²) in [4.78, 5) is 0. The van der Waals surface area contributed by atoms with Crippen LogP contribution in [0.15, 0.2) is 36.4 Å². The molecule has 4 nitrogen and oxygen atoms in total. The van der Waals surface area contributed by atoms with Gasteiger partial charge in [-0.3, -0.25) is 0 Å². The lowest BCUT2D eigenvalue weighted by Crippen LogP contribution is -1.98. The largest absolute Gasteiger partial charge is 0.454 e. The molecular weight excluding hydrogens is 263 g/mol. The van der Waals surface area contributed by atoms with Gasteiger partial charge in [0.2, 0.25) is 6.79 Å². The van der Waals surface area contributed by atoms with Gasteiger partial charge in [-0.15, -0.1) is 0 Å². The number of fused-ring (bicyclic) bond motifs is 1. The number of halogens is 1. The lowest BCUT2D eigenvalue weighted by molar-refractivity contribution is 0.174. The Morgan fingerprint density at radius 2 is 2.00 bits per heavy atom. The normalized spacial score (nSPS) is 14.2. The summed E-state index contributed by atoms with van der Waals surface area (Å²) < 4.78 is 29.9. The van der Waals surface area contributed by atoms with Gasteiger partial charge in [-0.1, -0.05) is 12.1 Å². The second-order valence-electron chi connectivity index (χ2n) is 4.45. The van der Waals surface area contributed by atoms with Crippen LogP contribution in [-0.2, 0) is 0 Å². The maximum atomic E-state index is 13.9. The van der Waals surface area contributed by atoms with Crippen molar-refractivity contribution >= 4 is 0 Å². The first kappa shape index (κ1) is 12.7. The molecule has 104 valence electrons. The highest BCUT2D eigenvalue weighted by Gasteiger charge is 2.17. The van der Waals surface area contributed by atoms with Gasteiger partial charge in [-0.25, -0.2) is 4.39 Å². The van der Waals surface area contributed by atoms with Gasteiger partial charge in [-0.05, 0) is 25.1 Å². The summed E-state index contributed by atoms with van der Waals surface area (Å²) in [5.74, 6) is 1.09. The van der Waals surface area contributed by atoms with Crippen LogP contribution >= 0.6 is 0 Å². The molecule has 2 aromatic carbocycles. The van der Waals surface area contributed by atoms with E-state index in [2.05, 4.69) is 0 Å². The van der Waals surface area contributed by atoms with Gasteiger partial charge in [0.15, 0.2) is 23.1 Å². The van der Waals surface area contributed by atoms with Crippen LogP contribution in [0.4, 0.5) is 4.39 Å². The first-order chi connectivity index (χ1) is 9.65. The molecule has 1 aliphatic heterocycles. The summed E-state index contributed by atoms with van der Waals surface area (Å²) in [6.45, 7) is 1.72. The van der Waals surface area contributed by atoms with Crippen LogP contribution in [0.1, 0.15) is 18.6 Å². The third-order valence-corrected chi connectivity index (χ3v) is 3.01. The zero-order valence-corrected chi connectivity index (χ0v) is 10.8. The number of rotatable bonds is 3. The Kier molecular flexibility index (Phi) is 3.20. The van der Waals surface area contributed by atoms with Gasteiger partial charge >= 0.3 is 0 Å². The maximum absolute atomic E-state index is 13.9. The molecule has 2 aromatic rings. The van der Waals surface area contributed by atoms with Gasteiger partial charge < -0.3 is 19.3 Å². The predicted octanol–water partition coefficient (Wildman–Crippen LogP) is 3.40. The van der Waals surface area contributed by atoms with Crippen LogP contribution in [0.25, 0.3) is 0 Å². The Morgan fingerprint density at radius 3 is 2.80 bits per heavy atom. The van der Waals surface area contributed by atoms with Crippen LogP contribution in [0.5, 0.6) is 23.0 Å². The van der Waals surface area contributed by atoms with Crippen molar-refractivity contribution < 1.29 is 23.7 Å². The fourth-order valence-corrected chi connectivity index (χ4v) is 2.02. The van der Waals surface area contributed by atoms with Gasteiger partial charge in [0, 0.05) is 11.6 Å². The van der Waals surface area contributed by atoms with Crippen LogP contribution in [0.2, 0.25) is 0 Å². The lowest BCUT2D eigenvalue weighted by Gasteiger charge is -2.14. The van der Waals surface area contributed by atoms with Gasteiger partial charge in [0.05, 0.1) is 6.10 Å². The second kappa shape index (κ2) is 5.02. The Hall–Kier alpha value is -2.27.